The van der Waals surface area contributed by atoms with Crippen LogP contribution in [-0.4, -0.2) is 21.4 Å². The lowest BCUT2D eigenvalue weighted by molar-refractivity contribution is -0.121. The summed E-state index contributed by atoms with van der Waals surface area (Å²) in [5, 5.41) is 0. The molecule has 1 heterocycles. The number of nitrogens with zero attached hydrogens (tertiary/aromatic N) is 2. The minimum Gasteiger partial charge on any atom is -0.295 e. The summed E-state index contributed by atoms with van der Waals surface area (Å²) >= 11 is 0. The minimum absolute atomic E-state index is 0.222. The Morgan fingerprint density at radius 3 is 2.46 bits per heavy atom. The van der Waals surface area contributed by atoms with E-state index in [1.807, 2.05) is 30.3 Å². The highest BCUT2D eigenvalue weighted by atomic mass is 19.1. The lowest BCUT2D eigenvalue weighted by atomic mass is 10.1. The molecule has 0 saturated carbocycles. The van der Waals surface area contributed by atoms with Gasteiger partial charge in [0, 0.05) is 12.1 Å². The second-order valence-electron chi connectivity index (χ2n) is 5.61. The van der Waals surface area contributed by atoms with Crippen molar-refractivity contribution in [2.45, 2.75) is 12.8 Å². The highest BCUT2D eigenvalue weighted by Crippen LogP contribution is 2.12. The molecule has 7 heteroatoms. The van der Waals surface area contributed by atoms with Crippen LogP contribution in [0, 0.1) is 5.82 Å². The summed E-state index contributed by atoms with van der Waals surface area (Å²) in [4.78, 5) is 28.1. The molecule has 0 aliphatic rings. The van der Waals surface area contributed by atoms with Gasteiger partial charge in [0.05, 0.1) is 12.5 Å². The van der Waals surface area contributed by atoms with E-state index in [0.717, 1.165) is 5.56 Å². The predicted molar refractivity (Wildman–Crippen MR) is 93.9 cm³/mol. The standard InChI is InChI=1S/C19H17FN4O2/c20-15-7-9-16(10-8-15)24-13-21-12-17(24)19(26)23-22-18(25)11-6-14-4-2-1-3-5-14/h1-5,7-10,12-13H,6,11H2,(H,22,25)(H,23,26). The van der Waals surface area contributed by atoms with E-state index < -0.39 is 5.91 Å². The zero-order valence-electron chi connectivity index (χ0n) is 13.9. The van der Waals surface area contributed by atoms with Gasteiger partial charge < -0.3 is 0 Å². The fraction of sp³-hybridized carbons (Fsp3) is 0.105. The SMILES string of the molecule is O=C(CCc1ccccc1)NNC(=O)c1cncn1-c1ccc(F)cc1. The molecule has 0 aliphatic carbocycles. The molecule has 0 radical (unpaired) electrons. The maximum atomic E-state index is 13.0. The van der Waals surface area contributed by atoms with Gasteiger partial charge in [0.15, 0.2) is 0 Å². The predicted octanol–water partition coefficient (Wildman–Crippen LogP) is 2.41. The third kappa shape index (κ3) is 4.32. The van der Waals surface area contributed by atoms with E-state index >= 15 is 0 Å². The summed E-state index contributed by atoms with van der Waals surface area (Å²) in [6, 6.07) is 15.3. The summed E-state index contributed by atoms with van der Waals surface area (Å²) in [5.41, 5.74) is 6.61. The fourth-order valence-electron chi connectivity index (χ4n) is 2.43. The molecule has 26 heavy (non-hydrogen) atoms. The average molecular weight is 352 g/mol. The van der Waals surface area contributed by atoms with E-state index in [1.54, 1.807) is 0 Å². The number of carbonyl (C=O) groups is 2. The molecule has 3 rings (SSSR count). The Labute approximate surface area is 149 Å². The highest BCUT2D eigenvalue weighted by Gasteiger charge is 2.14. The van der Waals surface area contributed by atoms with Crippen molar-refractivity contribution in [3.63, 3.8) is 0 Å². The van der Waals surface area contributed by atoms with Gasteiger partial charge in [-0.2, -0.15) is 0 Å². The molecule has 2 N–H and O–H groups in total. The van der Waals surface area contributed by atoms with Gasteiger partial charge in [-0.3, -0.25) is 25.0 Å². The molecule has 3 aromatic rings. The van der Waals surface area contributed by atoms with Gasteiger partial charge in [0.2, 0.25) is 5.91 Å². The van der Waals surface area contributed by atoms with Crippen molar-refractivity contribution >= 4 is 11.8 Å². The Balaban J connectivity index is 1.56. The first kappa shape index (κ1) is 17.3. The molecule has 0 fully saturated rings. The highest BCUT2D eigenvalue weighted by molar-refractivity contribution is 5.94. The van der Waals surface area contributed by atoms with Crippen molar-refractivity contribution in [1.29, 1.82) is 0 Å². The first-order valence-corrected chi connectivity index (χ1v) is 8.05. The van der Waals surface area contributed by atoms with Crippen LogP contribution in [0.1, 0.15) is 22.5 Å². The molecule has 0 aliphatic heterocycles. The van der Waals surface area contributed by atoms with Crippen molar-refractivity contribution in [2.75, 3.05) is 0 Å². The van der Waals surface area contributed by atoms with Crippen molar-refractivity contribution in [1.82, 2.24) is 20.4 Å². The van der Waals surface area contributed by atoms with Crippen molar-refractivity contribution < 1.29 is 14.0 Å². The average Bonchev–Trinajstić information content (AvgIpc) is 3.16. The summed E-state index contributed by atoms with van der Waals surface area (Å²) in [5.74, 6) is -1.18. The number of benzene rings is 2. The van der Waals surface area contributed by atoms with Gasteiger partial charge in [-0.1, -0.05) is 30.3 Å². The molecule has 2 aromatic carbocycles. The number of rotatable bonds is 5. The summed E-state index contributed by atoms with van der Waals surface area (Å²) < 4.78 is 14.5. The van der Waals surface area contributed by atoms with E-state index in [4.69, 9.17) is 0 Å². The fourth-order valence-corrected chi connectivity index (χ4v) is 2.43. The minimum atomic E-state index is -0.514. The Morgan fingerprint density at radius 2 is 1.73 bits per heavy atom. The number of hydrazine groups is 1. The maximum Gasteiger partial charge on any atom is 0.288 e. The molecule has 6 nitrogen and oxygen atoms in total. The Bertz CT molecular complexity index is 891. The van der Waals surface area contributed by atoms with E-state index in [2.05, 4.69) is 15.8 Å². The topological polar surface area (TPSA) is 76.0 Å². The second kappa shape index (κ2) is 8.06. The number of amides is 2. The Hall–Kier alpha value is -3.48. The summed E-state index contributed by atoms with van der Waals surface area (Å²) in [7, 11) is 0. The zero-order chi connectivity index (χ0) is 18.4. The van der Waals surface area contributed by atoms with E-state index in [0.29, 0.717) is 12.1 Å². The quantitative estimate of drug-likeness (QED) is 0.693. The van der Waals surface area contributed by atoms with Gasteiger partial charge in [-0.25, -0.2) is 9.37 Å². The third-order valence-corrected chi connectivity index (χ3v) is 3.77. The van der Waals surface area contributed by atoms with Crippen molar-refractivity contribution in [2.24, 2.45) is 0 Å². The second-order valence-corrected chi connectivity index (χ2v) is 5.61. The molecule has 132 valence electrons. The molecule has 0 spiro atoms. The Morgan fingerprint density at radius 1 is 1.00 bits per heavy atom. The third-order valence-electron chi connectivity index (χ3n) is 3.77. The molecule has 0 bridgehead atoms. The summed E-state index contributed by atoms with van der Waals surface area (Å²) in [6.07, 6.45) is 3.64. The van der Waals surface area contributed by atoms with Crippen LogP contribution in [-0.2, 0) is 11.2 Å². The van der Waals surface area contributed by atoms with Gasteiger partial charge in [-0.05, 0) is 36.2 Å². The number of aryl methyl sites for hydroxylation is 1. The van der Waals surface area contributed by atoms with Crippen LogP contribution in [0.2, 0.25) is 0 Å². The number of aromatic nitrogens is 2. The number of carbonyl (C=O) groups excluding carboxylic acids is 2. The zero-order valence-corrected chi connectivity index (χ0v) is 13.9. The van der Waals surface area contributed by atoms with Crippen LogP contribution in [0.4, 0.5) is 4.39 Å². The van der Waals surface area contributed by atoms with Gasteiger partial charge >= 0.3 is 0 Å². The lowest BCUT2D eigenvalue weighted by Gasteiger charge is -2.10. The van der Waals surface area contributed by atoms with Crippen molar-refractivity contribution in [3.8, 4) is 5.69 Å². The van der Waals surface area contributed by atoms with E-state index in [-0.39, 0.29) is 23.8 Å². The smallest absolute Gasteiger partial charge is 0.288 e. The number of halogens is 1. The van der Waals surface area contributed by atoms with Crippen LogP contribution < -0.4 is 10.9 Å². The molecule has 0 saturated heterocycles. The van der Waals surface area contributed by atoms with Crippen LogP contribution in [0.25, 0.3) is 5.69 Å². The first-order valence-electron chi connectivity index (χ1n) is 8.05. The van der Waals surface area contributed by atoms with Crippen LogP contribution in [0.5, 0.6) is 0 Å². The molecule has 2 amide bonds. The normalized spacial score (nSPS) is 10.3. The monoisotopic (exact) mass is 352 g/mol. The maximum absolute atomic E-state index is 13.0. The number of imidazole rings is 1. The van der Waals surface area contributed by atoms with E-state index in [1.165, 1.54) is 41.4 Å². The molecule has 0 atom stereocenters. The van der Waals surface area contributed by atoms with Gasteiger partial charge in [0.1, 0.15) is 11.5 Å². The van der Waals surface area contributed by atoms with Crippen molar-refractivity contribution in [3.05, 3.63) is 84.2 Å². The summed E-state index contributed by atoms with van der Waals surface area (Å²) in [6.45, 7) is 0. The number of hydrogen-bond donors (Lipinski definition) is 2. The molecular weight excluding hydrogens is 335 g/mol. The van der Waals surface area contributed by atoms with Gasteiger partial charge in [0.25, 0.3) is 5.91 Å². The van der Waals surface area contributed by atoms with Crippen LogP contribution >= 0.6 is 0 Å². The number of nitrogens with one attached hydrogen (secondary N) is 2. The lowest BCUT2D eigenvalue weighted by Crippen LogP contribution is -2.42. The molecule has 1 aromatic heterocycles. The largest absolute Gasteiger partial charge is 0.295 e. The van der Waals surface area contributed by atoms with Gasteiger partial charge in [-0.15, -0.1) is 0 Å². The van der Waals surface area contributed by atoms with Crippen LogP contribution in [0.15, 0.2) is 67.1 Å². The first-order chi connectivity index (χ1) is 12.6. The van der Waals surface area contributed by atoms with Crippen LogP contribution in [0.3, 0.4) is 0 Å². The van der Waals surface area contributed by atoms with E-state index in [9.17, 15) is 14.0 Å². The Kier molecular flexibility index (Phi) is 5.38. The molecular formula is C19H17FN4O2. The molecule has 0 unspecified atom stereocenters. The number of hydrogen-bond acceptors (Lipinski definition) is 3.